The van der Waals surface area contributed by atoms with E-state index in [1.807, 2.05) is 0 Å². The van der Waals surface area contributed by atoms with Crippen LogP contribution < -0.4 is 20.4 Å². The van der Waals surface area contributed by atoms with Crippen LogP contribution in [0.25, 0.3) is 0 Å². The SMILES string of the molecule is Cc1cc(OCCCON=C(N)N)cc(OS(=O)(=O)c2ccccc2S(=O)(=O)N(C)Cc2cnccn2)c1. The number of nitrogens with two attached hydrogens (primary N) is 2. The van der Waals surface area contributed by atoms with Crippen LogP contribution in [0, 0.1) is 6.92 Å². The number of oxime groups is 1. The summed E-state index contributed by atoms with van der Waals surface area (Å²) in [6, 6.07) is 9.78. The number of ether oxygens (including phenoxy) is 1. The molecule has 3 aromatic rings. The lowest BCUT2D eigenvalue weighted by molar-refractivity contribution is 0.127. The molecule has 0 unspecified atom stereocenters. The Morgan fingerprint density at radius 1 is 1.00 bits per heavy atom. The van der Waals surface area contributed by atoms with Gasteiger partial charge >= 0.3 is 10.1 Å². The molecule has 13 nitrogen and oxygen atoms in total. The molecule has 0 amide bonds. The molecule has 0 saturated heterocycles. The number of aromatic nitrogens is 2. The van der Waals surface area contributed by atoms with Gasteiger partial charge in [-0.05, 0) is 41.9 Å². The highest BCUT2D eigenvalue weighted by atomic mass is 32.2. The predicted octanol–water partition coefficient (Wildman–Crippen LogP) is 1.35. The van der Waals surface area contributed by atoms with Crippen molar-refractivity contribution < 1.29 is 30.6 Å². The second-order valence-electron chi connectivity index (χ2n) is 7.98. The molecule has 1 heterocycles. The molecule has 0 saturated carbocycles. The van der Waals surface area contributed by atoms with Crippen LogP contribution in [-0.2, 0) is 31.5 Å². The van der Waals surface area contributed by atoms with E-state index in [4.69, 9.17) is 25.2 Å². The van der Waals surface area contributed by atoms with Gasteiger partial charge in [-0.2, -0.15) is 12.7 Å². The van der Waals surface area contributed by atoms with E-state index >= 15 is 0 Å². The molecular formula is C23H28N6O7S2. The molecule has 0 spiro atoms. The normalized spacial score (nSPS) is 11.7. The van der Waals surface area contributed by atoms with Crippen LogP contribution in [0.1, 0.15) is 17.7 Å². The second-order valence-corrected chi connectivity index (χ2v) is 11.5. The molecule has 3 rings (SSSR count). The number of nitrogens with zero attached hydrogens (tertiary/aromatic N) is 4. The maximum absolute atomic E-state index is 13.3. The average molecular weight is 565 g/mol. The fourth-order valence-corrected chi connectivity index (χ4v) is 6.05. The summed E-state index contributed by atoms with van der Waals surface area (Å²) in [6.45, 7) is 2.06. The van der Waals surface area contributed by atoms with Crippen LogP contribution in [0.3, 0.4) is 0 Å². The fraction of sp³-hybridized carbons (Fsp3) is 0.261. The number of guanidine groups is 1. The standard InChI is InChI=1S/C23H28N6O7S2/c1-17-12-19(34-10-5-11-35-28-23(24)25)14-20(13-17)36-38(32,33)22-7-4-3-6-21(22)37(30,31)29(2)16-18-15-26-8-9-27-18/h3-4,6-9,12-15H,5,10-11,16H2,1-2H3,(H4,24,25,28). The van der Waals surface area contributed by atoms with Crippen LogP contribution >= 0.6 is 0 Å². The molecule has 0 fully saturated rings. The van der Waals surface area contributed by atoms with Crippen molar-refractivity contribution in [3.05, 3.63) is 72.3 Å². The number of hydrogen-bond donors (Lipinski definition) is 2. The minimum atomic E-state index is -4.56. The molecule has 0 aliphatic rings. The van der Waals surface area contributed by atoms with Gasteiger partial charge in [0.15, 0.2) is 0 Å². The Hall–Kier alpha value is -3.95. The third kappa shape index (κ3) is 7.77. The van der Waals surface area contributed by atoms with Gasteiger partial charge < -0.3 is 25.2 Å². The predicted molar refractivity (Wildman–Crippen MR) is 138 cm³/mol. The van der Waals surface area contributed by atoms with E-state index < -0.39 is 29.9 Å². The lowest BCUT2D eigenvalue weighted by Gasteiger charge is -2.19. The Labute approximate surface area is 221 Å². The number of aryl methyl sites for hydroxylation is 1. The van der Waals surface area contributed by atoms with E-state index in [9.17, 15) is 16.8 Å². The molecule has 0 radical (unpaired) electrons. The van der Waals surface area contributed by atoms with E-state index in [0.717, 1.165) is 4.31 Å². The van der Waals surface area contributed by atoms with Crippen molar-refractivity contribution in [2.75, 3.05) is 20.3 Å². The third-order valence-electron chi connectivity index (χ3n) is 4.86. The van der Waals surface area contributed by atoms with Crippen LogP contribution in [0.4, 0.5) is 0 Å². The second kappa shape index (κ2) is 12.5. The number of benzene rings is 2. The quantitative estimate of drug-likeness (QED) is 0.100. The van der Waals surface area contributed by atoms with Gasteiger partial charge in [0, 0.05) is 38.1 Å². The minimum absolute atomic E-state index is 0.0446. The molecule has 0 aliphatic carbocycles. The van der Waals surface area contributed by atoms with Crippen molar-refractivity contribution >= 4 is 26.1 Å². The molecule has 15 heteroatoms. The van der Waals surface area contributed by atoms with Gasteiger partial charge in [-0.15, -0.1) is 0 Å². The monoisotopic (exact) mass is 564 g/mol. The van der Waals surface area contributed by atoms with Gasteiger partial charge in [0.1, 0.15) is 27.9 Å². The number of hydrogen-bond acceptors (Lipinski definition) is 10. The molecule has 0 bridgehead atoms. The van der Waals surface area contributed by atoms with Crippen molar-refractivity contribution in [1.82, 2.24) is 14.3 Å². The van der Waals surface area contributed by atoms with Gasteiger partial charge in [0.2, 0.25) is 16.0 Å². The lowest BCUT2D eigenvalue weighted by Crippen LogP contribution is -2.28. The van der Waals surface area contributed by atoms with Crippen molar-refractivity contribution in [3.63, 3.8) is 0 Å². The first-order chi connectivity index (χ1) is 18.0. The molecule has 0 atom stereocenters. The van der Waals surface area contributed by atoms with Crippen LogP contribution in [0.5, 0.6) is 11.5 Å². The maximum atomic E-state index is 13.3. The Balaban J connectivity index is 1.78. The maximum Gasteiger partial charge on any atom is 0.340 e. The van der Waals surface area contributed by atoms with Gasteiger partial charge in [0.25, 0.3) is 0 Å². The largest absolute Gasteiger partial charge is 0.493 e. The Bertz CT molecular complexity index is 1480. The van der Waals surface area contributed by atoms with Crippen LogP contribution in [0.2, 0.25) is 0 Å². The zero-order valence-electron chi connectivity index (χ0n) is 20.7. The first-order valence-corrected chi connectivity index (χ1v) is 14.0. The van der Waals surface area contributed by atoms with Crippen LogP contribution in [0.15, 0.2) is 76.0 Å². The Morgan fingerprint density at radius 3 is 2.39 bits per heavy atom. The fourth-order valence-electron chi connectivity index (χ4n) is 3.21. The minimum Gasteiger partial charge on any atom is -0.493 e. The molecule has 1 aromatic heterocycles. The summed E-state index contributed by atoms with van der Waals surface area (Å²) in [4.78, 5) is 11.9. The Morgan fingerprint density at radius 2 is 1.71 bits per heavy atom. The number of rotatable bonds is 13. The Kier molecular flexibility index (Phi) is 9.44. The van der Waals surface area contributed by atoms with E-state index in [2.05, 4.69) is 15.1 Å². The van der Waals surface area contributed by atoms with Crippen molar-refractivity contribution in [2.45, 2.75) is 29.7 Å². The molecule has 38 heavy (non-hydrogen) atoms. The van der Waals surface area contributed by atoms with E-state index in [0.29, 0.717) is 23.4 Å². The summed E-state index contributed by atoms with van der Waals surface area (Å²) in [7, 11) is -7.47. The molecule has 4 N–H and O–H groups in total. The van der Waals surface area contributed by atoms with Gasteiger partial charge in [0.05, 0.1) is 18.8 Å². The zero-order chi connectivity index (χ0) is 27.8. The summed E-state index contributed by atoms with van der Waals surface area (Å²) in [5.74, 6) is 0.109. The van der Waals surface area contributed by atoms with E-state index in [-0.39, 0.29) is 31.5 Å². The highest BCUT2D eigenvalue weighted by Crippen LogP contribution is 2.29. The zero-order valence-corrected chi connectivity index (χ0v) is 22.4. The summed E-state index contributed by atoms with van der Waals surface area (Å²) < 4.78 is 65.0. The number of sulfonamides is 1. The van der Waals surface area contributed by atoms with Gasteiger partial charge in [-0.3, -0.25) is 9.97 Å². The first kappa shape index (κ1) is 28.6. The summed E-state index contributed by atoms with van der Waals surface area (Å²) in [6.07, 6.45) is 4.77. The topological polar surface area (TPSA) is 189 Å². The average Bonchev–Trinajstić information content (AvgIpc) is 2.86. The summed E-state index contributed by atoms with van der Waals surface area (Å²) >= 11 is 0. The highest BCUT2D eigenvalue weighted by molar-refractivity contribution is 7.91. The molecule has 0 aliphatic heterocycles. The van der Waals surface area contributed by atoms with Gasteiger partial charge in [-0.25, -0.2) is 8.42 Å². The van der Waals surface area contributed by atoms with Crippen molar-refractivity contribution in [2.24, 2.45) is 16.6 Å². The van der Waals surface area contributed by atoms with Crippen molar-refractivity contribution in [3.8, 4) is 11.5 Å². The van der Waals surface area contributed by atoms with E-state index in [1.54, 1.807) is 13.0 Å². The van der Waals surface area contributed by atoms with Crippen molar-refractivity contribution in [1.29, 1.82) is 0 Å². The molecular weight excluding hydrogens is 536 g/mol. The smallest absolute Gasteiger partial charge is 0.340 e. The summed E-state index contributed by atoms with van der Waals surface area (Å²) in [5.41, 5.74) is 11.4. The first-order valence-electron chi connectivity index (χ1n) is 11.2. The third-order valence-corrected chi connectivity index (χ3v) is 8.15. The lowest BCUT2D eigenvalue weighted by atomic mass is 10.2. The van der Waals surface area contributed by atoms with E-state index in [1.165, 1.54) is 62.0 Å². The summed E-state index contributed by atoms with van der Waals surface area (Å²) in [5, 5.41) is 3.40. The van der Waals surface area contributed by atoms with Gasteiger partial charge in [-0.1, -0.05) is 12.1 Å². The molecule has 204 valence electrons. The molecule has 2 aromatic carbocycles. The highest BCUT2D eigenvalue weighted by Gasteiger charge is 2.31. The van der Waals surface area contributed by atoms with Crippen LogP contribution in [-0.4, -0.2) is 57.3 Å².